The van der Waals surface area contributed by atoms with Gasteiger partial charge in [0.15, 0.2) is 0 Å². The van der Waals surface area contributed by atoms with E-state index in [1.54, 1.807) is 29.1 Å². The van der Waals surface area contributed by atoms with Gasteiger partial charge in [-0.25, -0.2) is 9.07 Å². The van der Waals surface area contributed by atoms with Crippen molar-refractivity contribution in [1.82, 2.24) is 35.3 Å². The number of ether oxygens (including phenoxy) is 1. The molecule has 2 aromatic heterocycles. The molecule has 4 rings (SSSR count). The number of benzene rings is 1. The molecule has 1 atom stereocenters. The fourth-order valence-corrected chi connectivity index (χ4v) is 2.78. The van der Waals surface area contributed by atoms with Crippen molar-refractivity contribution in [1.29, 1.82) is 0 Å². The monoisotopic (exact) mass is 329 g/mol. The Bertz CT molecular complexity index is 804. The minimum absolute atomic E-state index is 0.195. The van der Waals surface area contributed by atoms with Crippen LogP contribution in [-0.4, -0.2) is 55.0 Å². The SMILES string of the molecule is Fc1ccccc1-n1cc(CN2CCOC(c3nn[nH]n3)C2)cn1. The summed E-state index contributed by atoms with van der Waals surface area (Å²) in [5, 5.41) is 18.2. The summed E-state index contributed by atoms with van der Waals surface area (Å²) in [6, 6.07) is 6.58. The molecule has 3 aromatic rings. The molecule has 1 saturated heterocycles. The van der Waals surface area contributed by atoms with Crippen LogP contribution in [0, 0.1) is 5.82 Å². The summed E-state index contributed by atoms with van der Waals surface area (Å²) in [5.41, 5.74) is 1.45. The number of hydrogen-bond acceptors (Lipinski definition) is 6. The molecule has 0 aliphatic carbocycles. The highest BCUT2D eigenvalue weighted by Crippen LogP contribution is 2.20. The van der Waals surface area contributed by atoms with E-state index in [1.165, 1.54) is 6.07 Å². The van der Waals surface area contributed by atoms with Gasteiger partial charge < -0.3 is 4.74 Å². The molecule has 124 valence electrons. The molecular weight excluding hydrogens is 313 g/mol. The number of nitrogens with zero attached hydrogens (tertiary/aromatic N) is 6. The summed E-state index contributed by atoms with van der Waals surface area (Å²) in [7, 11) is 0. The number of para-hydroxylation sites is 1. The number of H-pyrrole nitrogens is 1. The van der Waals surface area contributed by atoms with Crippen molar-refractivity contribution in [3.63, 3.8) is 0 Å². The summed E-state index contributed by atoms with van der Waals surface area (Å²) < 4.78 is 21.1. The molecule has 3 heterocycles. The predicted octanol–water partition coefficient (Wildman–Crippen LogP) is 1.10. The molecule has 1 aliphatic heterocycles. The topological polar surface area (TPSA) is 84.8 Å². The lowest BCUT2D eigenvalue weighted by Gasteiger charge is -2.30. The second-order valence-corrected chi connectivity index (χ2v) is 5.61. The molecular formula is C15H16FN7O. The third-order valence-corrected chi connectivity index (χ3v) is 3.94. The summed E-state index contributed by atoms with van der Waals surface area (Å²) in [6.07, 6.45) is 3.40. The van der Waals surface area contributed by atoms with Crippen molar-refractivity contribution in [2.24, 2.45) is 0 Å². The fourth-order valence-electron chi connectivity index (χ4n) is 2.78. The van der Waals surface area contributed by atoms with Gasteiger partial charge in [0.2, 0.25) is 5.82 Å². The van der Waals surface area contributed by atoms with Gasteiger partial charge >= 0.3 is 0 Å². The van der Waals surface area contributed by atoms with E-state index in [1.807, 2.05) is 6.20 Å². The van der Waals surface area contributed by atoms with E-state index in [0.29, 0.717) is 31.2 Å². The van der Waals surface area contributed by atoms with Crippen LogP contribution in [0.4, 0.5) is 4.39 Å². The lowest BCUT2D eigenvalue weighted by atomic mass is 10.2. The van der Waals surface area contributed by atoms with Gasteiger partial charge in [-0.15, -0.1) is 10.2 Å². The third-order valence-electron chi connectivity index (χ3n) is 3.94. The number of rotatable bonds is 4. The van der Waals surface area contributed by atoms with Crippen molar-refractivity contribution in [2.75, 3.05) is 19.7 Å². The van der Waals surface area contributed by atoms with E-state index in [0.717, 1.165) is 12.1 Å². The first-order valence-corrected chi connectivity index (χ1v) is 7.65. The number of halogens is 1. The molecule has 1 N–H and O–H groups in total. The molecule has 0 bridgehead atoms. The molecule has 0 spiro atoms. The van der Waals surface area contributed by atoms with Gasteiger partial charge in [-0.2, -0.15) is 10.3 Å². The van der Waals surface area contributed by atoms with E-state index in [4.69, 9.17) is 4.74 Å². The second kappa shape index (κ2) is 6.46. The number of nitrogens with one attached hydrogen (secondary N) is 1. The minimum Gasteiger partial charge on any atom is -0.367 e. The molecule has 0 radical (unpaired) electrons. The van der Waals surface area contributed by atoms with E-state index in [9.17, 15) is 4.39 Å². The third kappa shape index (κ3) is 3.03. The van der Waals surface area contributed by atoms with Gasteiger partial charge in [-0.05, 0) is 12.1 Å². The maximum atomic E-state index is 13.8. The van der Waals surface area contributed by atoms with Gasteiger partial charge in [0.1, 0.15) is 17.6 Å². The van der Waals surface area contributed by atoms with Crippen molar-refractivity contribution < 1.29 is 9.13 Å². The average molecular weight is 329 g/mol. The van der Waals surface area contributed by atoms with Crippen LogP contribution >= 0.6 is 0 Å². The van der Waals surface area contributed by atoms with E-state index in [2.05, 4.69) is 30.6 Å². The molecule has 1 aliphatic rings. The Morgan fingerprint density at radius 1 is 1.33 bits per heavy atom. The van der Waals surface area contributed by atoms with Crippen molar-refractivity contribution >= 4 is 0 Å². The molecule has 8 nitrogen and oxygen atoms in total. The van der Waals surface area contributed by atoms with Gasteiger partial charge in [0.05, 0.1) is 12.8 Å². The number of morpholine rings is 1. The average Bonchev–Trinajstić information content (AvgIpc) is 3.27. The number of tetrazole rings is 1. The Morgan fingerprint density at radius 3 is 3.08 bits per heavy atom. The zero-order valence-corrected chi connectivity index (χ0v) is 12.8. The minimum atomic E-state index is -0.296. The van der Waals surface area contributed by atoms with Crippen LogP contribution in [0.5, 0.6) is 0 Å². The number of aromatic nitrogens is 6. The van der Waals surface area contributed by atoms with E-state index in [-0.39, 0.29) is 11.9 Å². The standard InChI is InChI=1S/C15H16FN7O/c16-12-3-1-2-4-13(12)23-9-11(7-17-23)8-22-5-6-24-14(10-22)15-18-20-21-19-15/h1-4,7,9,14H,5-6,8,10H2,(H,18,19,20,21). The van der Waals surface area contributed by atoms with Gasteiger partial charge in [0.25, 0.3) is 0 Å². The van der Waals surface area contributed by atoms with Crippen LogP contribution in [-0.2, 0) is 11.3 Å². The lowest BCUT2D eigenvalue weighted by molar-refractivity contribution is -0.0372. The lowest BCUT2D eigenvalue weighted by Crippen LogP contribution is -2.38. The molecule has 1 aromatic carbocycles. The normalized spacial score (nSPS) is 18.8. The Balaban J connectivity index is 1.45. The maximum absolute atomic E-state index is 13.8. The largest absolute Gasteiger partial charge is 0.367 e. The van der Waals surface area contributed by atoms with Crippen LogP contribution in [0.1, 0.15) is 17.5 Å². The Morgan fingerprint density at radius 2 is 2.25 bits per heavy atom. The van der Waals surface area contributed by atoms with Gasteiger partial charge in [0, 0.05) is 31.4 Å². The van der Waals surface area contributed by atoms with Gasteiger partial charge in [-0.1, -0.05) is 17.3 Å². The first-order valence-electron chi connectivity index (χ1n) is 7.65. The Labute approximate surface area is 137 Å². The summed E-state index contributed by atoms with van der Waals surface area (Å²) in [5.74, 6) is 0.262. The molecule has 24 heavy (non-hydrogen) atoms. The highest BCUT2D eigenvalue weighted by molar-refractivity contribution is 5.32. The van der Waals surface area contributed by atoms with Crippen molar-refractivity contribution in [2.45, 2.75) is 12.6 Å². The quantitative estimate of drug-likeness (QED) is 0.771. The summed E-state index contributed by atoms with van der Waals surface area (Å²) in [4.78, 5) is 2.23. The molecule has 0 saturated carbocycles. The summed E-state index contributed by atoms with van der Waals surface area (Å²) in [6.45, 7) is 2.77. The fraction of sp³-hybridized carbons (Fsp3) is 0.333. The molecule has 1 fully saturated rings. The summed E-state index contributed by atoms with van der Waals surface area (Å²) >= 11 is 0. The zero-order valence-electron chi connectivity index (χ0n) is 12.8. The second-order valence-electron chi connectivity index (χ2n) is 5.61. The Hall–Kier alpha value is -2.65. The Kier molecular flexibility index (Phi) is 4.01. The van der Waals surface area contributed by atoms with Crippen LogP contribution < -0.4 is 0 Å². The first-order chi connectivity index (χ1) is 11.8. The van der Waals surface area contributed by atoms with Crippen LogP contribution in [0.25, 0.3) is 5.69 Å². The highest BCUT2D eigenvalue weighted by atomic mass is 19.1. The number of hydrogen-bond donors (Lipinski definition) is 1. The van der Waals surface area contributed by atoms with Crippen molar-refractivity contribution in [3.8, 4) is 5.69 Å². The van der Waals surface area contributed by atoms with E-state index < -0.39 is 0 Å². The molecule has 0 amide bonds. The number of aromatic amines is 1. The van der Waals surface area contributed by atoms with E-state index >= 15 is 0 Å². The molecule has 1 unspecified atom stereocenters. The van der Waals surface area contributed by atoms with Gasteiger partial charge in [-0.3, -0.25) is 4.90 Å². The predicted molar refractivity (Wildman–Crippen MR) is 81.7 cm³/mol. The highest BCUT2D eigenvalue weighted by Gasteiger charge is 2.25. The van der Waals surface area contributed by atoms with Crippen molar-refractivity contribution in [3.05, 3.63) is 53.9 Å². The van der Waals surface area contributed by atoms with Crippen LogP contribution in [0.2, 0.25) is 0 Å². The molecule has 9 heteroatoms. The smallest absolute Gasteiger partial charge is 0.204 e. The first kappa shape index (κ1) is 14.9. The van der Waals surface area contributed by atoms with Crippen LogP contribution in [0.3, 0.4) is 0 Å². The zero-order chi connectivity index (χ0) is 16.4. The van der Waals surface area contributed by atoms with Crippen LogP contribution in [0.15, 0.2) is 36.7 Å². The maximum Gasteiger partial charge on any atom is 0.204 e.